The van der Waals surface area contributed by atoms with Crippen molar-refractivity contribution in [2.75, 3.05) is 4.90 Å². The van der Waals surface area contributed by atoms with Gasteiger partial charge in [0, 0.05) is 38.1 Å². The molecule has 0 saturated heterocycles. The second-order valence-electron chi connectivity index (χ2n) is 11.8. The van der Waals surface area contributed by atoms with E-state index < -0.39 is 0 Å². The molecule has 0 amide bonds. The predicted octanol–water partition coefficient (Wildman–Crippen LogP) is 12.8. The number of rotatable bonds is 6. The Morgan fingerprint density at radius 1 is 0.404 bits per heavy atom. The van der Waals surface area contributed by atoms with Crippen LogP contribution < -0.4 is 4.90 Å². The van der Waals surface area contributed by atoms with Crippen molar-refractivity contribution < 1.29 is 0 Å². The van der Waals surface area contributed by atoms with E-state index in [2.05, 4.69) is 191 Å². The molecule has 2 nitrogen and oxygen atoms in total. The van der Waals surface area contributed by atoms with Gasteiger partial charge < -0.3 is 9.47 Å². The van der Waals surface area contributed by atoms with Crippen molar-refractivity contribution in [2.45, 2.75) is 0 Å². The fraction of sp³-hybridized carbons (Fsp3) is 0. The molecule has 0 unspecified atom stereocenters. The zero-order chi connectivity index (χ0) is 31.2. The first-order valence-corrected chi connectivity index (χ1v) is 16.8. The molecule has 0 aliphatic carbocycles. The van der Waals surface area contributed by atoms with Gasteiger partial charge in [-0.05, 0) is 65.2 Å². The minimum Gasteiger partial charge on any atom is -0.310 e. The smallest absolute Gasteiger partial charge is 0.0727 e. The number of nitrogens with zero attached hydrogens (tertiary/aromatic N) is 2. The van der Waals surface area contributed by atoms with Crippen molar-refractivity contribution in [3.8, 4) is 27.9 Å². The Kier molecular flexibility index (Phi) is 6.69. The quantitative estimate of drug-likeness (QED) is 0.180. The number of fused-ring (bicyclic) bond motifs is 5. The summed E-state index contributed by atoms with van der Waals surface area (Å²) in [7, 11) is 0. The first-order valence-electron chi connectivity index (χ1n) is 16.0. The van der Waals surface area contributed by atoms with Gasteiger partial charge in [0.2, 0.25) is 0 Å². The van der Waals surface area contributed by atoms with Crippen LogP contribution in [0.25, 0.3) is 59.1 Å². The van der Waals surface area contributed by atoms with E-state index in [9.17, 15) is 0 Å². The van der Waals surface area contributed by atoms with Crippen LogP contribution in [0.5, 0.6) is 0 Å². The fourth-order valence-corrected chi connectivity index (χ4v) is 8.24. The highest BCUT2D eigenvalue weighted by Gasteiger charge is 2.20. The van der Waals surface area contributed by atoms with Gasteiger partial charge in [-0.25, -0.2) is 0 Å². The summed E-state index contributed by atoms with van der Waals surface area (Å²) in [6.45, 7) is 0. The summed E-state index contributed by atoms with van der Waals surface area (Å²) in [5, 5.41) is 2.58. The van der Waals surface area contributed by atoms with Gasteiger partial charge in [0.15, 0.2) is 0 Å². The largest absolute Gasteiger partial charge is 0.310 e. The molecule has 0 aliphatic rings. The molecule has 0 atom stereocenters. The van der Waals surface area contributed by atoms with E-state index in [1.54, 1.807) is 0 Å². The summed E-state index contributed by atoms with van der Waals surface area (Å²) in [4.78, 5) is 2.36. The number of para-hydroxylation sites is 4. The van der Waals surface area contributed by atoms with Gasteiger partial charge >= 0.3 is 0 Å². The van der Waals surface area contributed by atoms with Crippen LogP contribution in [-0.2, 0) is 0 Å². The van der Waals surface area contributed by atoms with E-state index in [1.807, 2.05) is 11.3 Å². The van der Waals surface area contributed by atoms with Gasteiger partial charge in [0.25, 0.3) is 0 Å². The third-order valence-electron chi connectivity index (χ3n) is 9.00. The lowest BCUT2D eigenvalue weighted by Crippen LogP contribution is -2.11. The minimum absolute atomic E-state index is 1.12. The Bertz CT molecular complexity index is 2490. The number of benzene rings is 7. The van der Waals surface area contributed by atoms with Gasteiger partial charge in [-0.1, -0.05) is 133 Å². The molecule has 9 rings (SSSR count). The fourth-order valence-electron chi connectivity index (χ4n) is 6.89. The molecular weight excluding hydrogens is 589 g/mol. The maximum atomic E-state index is 2.43. The molecule has 2 heterocycles. The van der Waals surface area contributed by atoms with E-state index in [-0.39, 0.29) is 0 Å². The van der Waals surface area contributed by atoms with Crippen LogP contribution in [-0.4, -0.2) is 4.57 Å². The normalized spacial score (nSPS) is 11.4. The average molecular weight is 619 g/mol. The highest BCUT2D eigenvalue weighted by atomic mass is 32.1. The molecule has 47 heavy (non-hydrogen) atoms. The van der Waals surface area contributed by atoms with Crippen molar-refractivity contribution in [3.05, 3.63) is 182 Å². The number of anilines is 3. The topological polar surface area (TPSA) is 8.17 Å². The van der Waals surface area contributed by atoms with Crippen molar-refractivity contribution in [1.82, 2.24) is 4.57 Å². The van der Waals surface area contributed by atoms with Crippen molar-refractivity contribution in [1.29, 1.82) is 0 Å². The van der Waals surface area contributed by atoms with Crippen molar-refractivity contribution in [2.24, 2.45) is 0 Å². The summed E-state index contributed by atoms with van der Waals surface area (Å²) in [5.41, 5.74) is 12.0. The van der Waals surface area contributed by atoms with Crippen LogP contribution in [0, 0.1) is 0 Å². The Morgan fingerprint density at radius 2 is 0.979 bits per heavy atom. The Hall–Kier alpha value is -5.90. The second-order valence-corrected chi connectivity index (χ2v) is 12.8. The zero-order valence-corrected chi connectivity index (χ0v) is 26.4. The third-order valence-corrected chi connectivity index (χ3v) is 10.3. The van der Waals surface area contributed by atoms with Crippen LogP contribution in [0.1, 0.15) is 0 Å². The molecule has 0 N–H and O–H groups in total. The van der Waals surface area contributed by atoms with Crippen molar-refractivity contribution >= 4 is 59.6 Å². The van der Waals surface area contributed by atoms with E-state index in [1.165, 1.54) is 59.1 Å². The van der Waals surface area contributed by atoms with Gasteiger partial charge in [0.05, 0.1) is 21.4 Å². The predicted molar refractivity (Wildman–Crippen MR) is 202 cm³/mol. The highest BCUT2D eigenvalue weighted by Crippen LogP contribution is 2.46. The summed E-state index contributed by atoms with van der Waals surface area (Å²) in [6, 6.07) is 65.3. The second kappa shape index (κ2) is 11.5. The maximum absolute atomic E-state index is 2.43. The summed E-state index contributed by atoms with van der Waals surface area (Å²) < 4.78 is 5.07. The summed E-state index contributed by atoms with van der Waals surface area (Å²) in [6.07, 6.45) is 0. The van der Waals surface area contributed by atoms with Crippen LogP contribution in [0.2, 0.25) is 0 Å². The van der Waals surface area contributed by atoms with Gasteiger partial charge in [-0.15, -0.1) is 11.3 Å². The van der Waals surface area contributed by atoms with E-state index in [4.69, 9.17) is 0 Å². The number of aromatic nitrogens is 1. The molecule has 3 heteroatoms. The molecule has 2 aromatic heterocycles. The van der Waals surface area contributed by atoms with Crippen LogP contribution in [0.15, 0.2) is 182 Å². The monoisotopic (exact) mass is 618 g/mol. The first kappa shape index (κ1) is 27.4. The highest BCUT2D eigenvalue weighted by molar-refractivity contribution is 7.27. The molecule has 0 saturated carbocycles. The van der Waals surface area contributed by atoms with Gasteiger partial charge in [-0.3, -0.25) is 0 Å². The molecule has 0 radical (unpaired) electrons. The number of hydrogen-bond donors (Lipinski definition) is 0. The van der Waals surface area contributed by atoms with Crippen molar-refractivity contribution in [3.63, 3.8) is 0 Å². The van der Waals surface area contributed by atoms with Crippen LogP contribution >= 0.6 is 11.3 Å². The lowest BCUT2D eigenvalue weighted by atomic mass is 10.0. The maximum Gasteiger partial charge on any atom is 0.0727 e. The zero-order valence-electron chi connectivity index (χ0n) is 25.6. The molecule has 0 spiro atoms. The molecular formula is C44H30N2S. The first-order chi connectivity index (χ1) is 23.3. The third kappa shape index (κ3) is 4.63. The molecule has 0 bridgehead atoms. The molecule has 7 aromatic carbocycles. The Morgan fingerprint density at radius 3 is 1.77 bits per heavy atom. The minimum atomic E-state index is 1.12. The molecule has 0 aliphatic heterocycles. The van der Waals surface area contributed by atoms with Crippen LogP contribution in [0.4, 0.5) is 17.1 Å². The standard InChI is InChI=1S/C44H30N2S/c1-4-15-31(16-5-1)36-21-10-12-25-40(36)45(33-17-6-2-7-18-33)35-29-27-32(28-30-35)37-23-14-24-39-42-44(47-43(37)39)38-22-11-13-26-41(38)46(42)34-19-8-3-9-20-34/h1-30H. The number of hydrogen-bond acceptors (Lipinski definition) is 2. The summed E-state index contributed by atoms with van der Waals surface area (Å²) in [5.74, 6) is 0. The average Bonchev–Trinajstić information content (AvgIpc) is 3.69. The van der Waals surface area contributed by atoms with Gasteiger partial charge in [0.1, 0.15) is 0 Å². The molecule has 0 fully saturated rings. The molecule has 9 aromatic rings. The summed E-state index contributed by atoms with van der Waals surface area (Å²) >= 11 is 1.90. The SMILES string of the molecule is c1ccc(-c2ccccc2N(c2ccccc2)c2ccc(-c3cccc4c3sc3c5ccccc5n(-c5ccccc5)c43)cc2)cc1. The lowest BCUT2D eigenvalue weighted by molar-refractivity contribution is 1.19. The van der Waals surface area contributed by atoms with Crippen LogP contribution in [0.3, 0.4) is 0 Å². The van der Waals surface area contributed by atoms with E-state index in [0.717, 1.165) is 17.1 Å². The Labute approximate surface area is 278 Å². The lowest BCUT2D eigenvalue weighted by Gasteiger charge is -2.28. The van der Waals surface area contributed by atoms with E-state index >= 15 is 0 Å². The number of thiophene rings is 1. The van der Waals surface area contributed by atoms with Gasteiger partial charge in [-0.2, -0.15) is 0 Å². The van der Waals surface area contributed by atoms with E-state index in [0.29, 0.717) is 0 Å². The Balaban J connectivity index is 1.19. The molecule has 222 valence electrons.